The van der Waals surface area contributed by atoms with Gasteiger partial charge in [0.2, 0.25) is 5.91 Å². The lowest BCUT2D eigenvalue weighted by Crippen LogP contribution is -2.53. The number of carbonyl (C=O) groups is 2. The third-order valence-electron chi connectivity index (χ3n) is 2.38. The molecule has 0 aromatic carbocycles. The van der Waals surface area contributed by atoms with Crippen molar-refractivity contribution < 1.29 is 9.59 Å². The van der Waals surface area contributed by atoms with Crippen LogP contribution in [0.1, 0.15) is 24.2 Å². The molecule has 0 bridgehead atoms. The van der Waals surface area contributed by atoms with E-state index in [0.717, 1.165) is 0 Å². The van der Waals surface area contributed by atoms with E-state index in [-0.39, 0.29) is 5.56 Å². The van der Waals surface area contributed by atoms with E-state index in [1.54, 1.807) is 7.05 Å². The van der Waals surface area contributed by atoms with Gasteiger partial charge in [-0.3, -0.25) is 9.59 Å². The number of aromatic nitrogens is 1. The Balaban J connectivity index is 2.92. The summed E-state index contributed by atoms with van der Waals surface area (Å²) >= 11 is 5.91. The number of anilines is 1. The van der Waals surface area contributed by atoms with Crippen LogP contribution in [0.4, 0.5) is 5.82 Å². The highest BCUT2D eigenvalue weighted by molar-refractivity contribution is 6.33. The van der Waals surface area contributed by atoms with Gasteiger partial charge >= 0.3 is 0 Å². The summed E-state index contributed by atoms with van der Waals surface area (Å²) in [4.78, 5) is 27.0. The number of carbonyl (C=O) groups excluding carboxylic acids is 2. The lowest BCUT2D eigenvalue weighted by atomic mass is 10.0. The van der Waals surface area contributed by atoms with E-state index in [2.05, 4.69) is 15.6 Å². The van der Waals surface area contributed by atoms with Crippen molar-refractivity contribution in [3.8, 4) is 0 Å². The van der Waals surface area contributed by atoms with Crippen molar-refractivity contribution in [2.75, 3.05) is 12.4 Å². The molecule has 0 radical (unpaired) electrons. The number of amides is 2. The molecule has 0 saturated carbocycles. The second kappa shape index (κ2) is 5.22. The highest BCUT2D eigenvalue weighted by Crippen LogP contribution is 2.19. The topological polar surface area (TPSA) is 97.1 Å². The van der Waals surface area contributed by atoms with Crippen molar-refractivity contribution in [1.82, 2.24) is 10.3 Å². The molecule has 0 fully saturated rings. The van der Waals surface area contributed by atoms with E-state index in [1.807, 2.05) is 0 Å². The van der Waals surface area contributed by atoms with Gasteiger partial charge in [0.25, 0.3) is 5.91 Å². The standard InChI is InChI=1S/C11H15ClN4O2/c1-11(2,10(13)18)16-9(17)6-4-7(12)8(14-3)15-5-6/h4-5H,1-3H3,(H2,13,18)(H,14,15)(H,16,17). The molecule has 7 heteroatoms. The zero-order chi connectivity index (χ0) is 13.9. The lowest BCUT2D eigenvalue weighted by Gasteiger charge is -2.22. The molecule has 0 unspecified atom stereocenters. The average molecular weight is 271 g/mol. The van der Waals surface area contributed by atoms with Crippen molar-refractivity contribution in [3.63, 3.8) is 0 Å². The van der Waals surface area contributed by atoms with Crippen molar-refractivity contribution in [1.29, 1.82) is 0 Å². The number of pyridine rings is 1. The monoisotopic (exact) mass is 270 g/mol. The first-order valence-corrected chi connectivity index (χ1v) is 5.61. The van der Waals surface area contributed by atoms with Gasteiger partial charge in [-0.05, 0) is 19.9 Å². The Morgan fingerprint density at radius 3 is 2.50 bits per heavy atom. The summed E-state index contributed by atoms with van der Waals surface area (Å²) in [6.45, 7) is 3.04. The number of hydrogen-bond acceptors (Lipinski definition) is 4. The fraction of sp³-hybridized carbons (Fsp3) is 0.364. The number of rotatable bonds is 4. The Morgan fingerprint density at radius 2 is 2.06 bits per heavy atom. The smallest absolute Gasteiger partial charge is 0.253 e. The molecule has 4 N–H and O–H groups in total. The third-order valence-corrected chi connectivity index (χ3v) is 2.67. The summed E-state index contributed by atoms with van der Waals surface area (Å²) in [6, 6.07) is 1.47. The summed E-state index contributed by atoms with van der Waals surface area (Å²) in [7, 11) is 1.67. The van der Waals surface area contributed by atoms with E-state index >= 15 is 0 Å². The van der Waals surface area contributed by atoms with Gasteiger partial charge in [-0.15, -0.1) is 0 Å². The Labute approximate surface area is 110 Å². The first kappa shape index (κ1) is 14.2. The average Bonchev–Trinajstić information content (AvgIpc) is 2.28. The molecule has 1 aromatic rings. The second-order valence-corrected chi connectivity index (χ2v) is 4.65. The molecule has 0 aliphatic rings. The fourth-order valence-electron chi connectivity index (χ4n) is 1.16. The van der Waals surface area contributed by atoms with Gasteiger partial charge in [0.05, 0.1) is 10.6 Å². The van der Waals surface area contributed by atoms with Crippen LogP contribution in [0, 0.1) is 0 Å². The van der Waals surface area contributed by atoms with Crippen LogP contribution in [0.3, 0.4) is 0 Å². The quantitative estimate of drug-likeness (QED) is 0.753. The minimum absolute atomic E-state index is 0.258. The van der Waals surface area contributed by atoms with Gasteiger partial charge in [0, 0.05) is 13.2 Å². The van der Waals surface area contributed by atoms with Crippen molar-refractivity contribution >= 4 is 29.2 Å². The summed E-state index contributed by atoms with van der Waals surface area (Å²) in [6.07, 6.45) is 1.37. The minimum atomic E-state index is -1.13. The largest absolute Gasteiger partial charge is 0.372 e. The number of halogens is 1. The molecule has 1 heterocycles. The number of nitrogens with one attached hydrogen (secondary N) is 2. The first-order chi connectivity index (χ1) is 8.27. The van der Waals surface area contributed by atoms with E-state index < -0.39 is 17.4 Å². The molecule has 6 nitrogen and oxygen atoms in total. The normalized spacial score (nSPS) is 10.9. The number of hydrogen-bond donors (Lipinski definition) is 3. The first-order valence-electron chi connectivity index (χ1n) is 5.23. The SMILES string of the molecule is CNc1ncc(C(=O)NC(C)(C)C(N)=O)cc1Cl. The predicted octanol–water partition coefficient (Wildman–Crippen LogP) is 0.770. The van der Waals surface area contributed by atoms with E-state index in [9.17, 15) is 9.59 Å². The van der Waals surface area contributed by atoms with Gasteiger partial charge in [-0.25, -0.2) is 4.98 Å². The van der Waals surface area contributed by atoms with Crippen LogP contribution in [0.2, 0.25) is 5.02 Å². The van der Waals surface area contributed by atoms with E-state index in [0.29, 0.717) is 10.8 Å². The maximum Gasteiger partial charge on any atom is 0.253 e. The van der Waals surface area contributed by atoms with E-state index in [1.165, 1.54) is 26.1 Å². The highest BCUT2D eigenvalue weighted by atomic mass is 35.5. The molecule has 0 aliphatic carbocycles. The molecule has 98 valence electrons. The summed E-state index contributed by atoms with van der Waals surface area (Å²) in [5.74, 6) is -0.611. The highest BCUT2D eigenvalue weighted by Gasteiger charge is 2.27. The van der Waals surface area contributed by atoms with Crippen molar-refractivity contribution in [2.24, 2.45) is 5.73 Å². The molecule has 1 rings (SSSR count). The van der Waals surface area contributed by atoms with Gasteiger partial charge in [-0.2, -0.15) is 0 Å². The summed E-state index contributed by atoms with van der Waals surface area (Å²) in [5, 5.41) is 5.60. The maximum atomic E-state index is 11.9. The third kappa shape index (κ3) is 3.10. The van der Waals surface area contributed by atoms with E-state index in [4.69, 9.17) is 17.3 Å². The van der Waals surface area contributed by atoms with Crippen LogP contribution in [-0.4, -0.2) is 29.4 Å². The van der Waals surface area contributed by atoms with Crippen molar-refractivity contribution in [2.45, 2.75) is 19.4 Å². The summed E-state index contributed by atoms with van der Waals surface area (Å²) < 4.78 is 0. The van der Waals surface area contributed by atoms with Crippen LogP contribution in [0.25, 0.3) is 0 Å². The van der Waals surface area contributed by atoms with Gasteiger partial charge < -0.3 is 16.4 Å². The number of primary amides is 1. The van der Waals surface area contributed by atoms with Gasteiger partial charge in [-0.1, -0.05) is 11.6 Å². The Bertz CT molecular complexity index is 488. The molecule has 0 spiro atoms. The molecule has 1 aromatic heterocycles. The molecule has 18 heavy (non-hydrogen) atoms. The Kier molecular flexibility index (Phi) is 4.13. The van der Waals surface area contributed by atoms with Crippen molar-refractivity contribution in [3.05, 3.63) is 22.8 Å². The molecule has 0 atom stereocenters. The van der Waals surface area contributed by atoms with Crippen LogP contribution in [-0.2, 0) is 4.79 Å². The minimum Gasteiger partial charge on any atom is -0.372 e. The molecule has 0 saturated heterocycles. The van der Waals surface area contributed by atoms with Gasteiger partial charge in [0.1, 0.15) is 11.4 Å². The number of nitrogens with zero attached hydrogens (tertiary/aromatic N) is 1. The van der Waals surface area contributed by atoms with Gasteiger partial charge in [0.15, 0.2) is 0 Å². The molecular formula is C11H15ClN4O2. The maximum absolute atomic E-state index is 11.9. The second-order valence-electron chi connectivity index (χ2n) is 4.25. The zero-order valence-corrected chi connectivity index (χ0v) is 11.1. The zero-order valence-electron chi connectivity index (χ0n) is 10.4. The Hall–Kier alpha value is -1.82. The van der Waals surface area contributed by atoms with Crippen LogP contribution in [0.15, 0.2) is 12.3 Å². The van der Waals surface area contributed by atoms with Crippen LogP contribution >= 0.6 is 11.6 Å². The predicted molar refractivity (Wildman–Crippen MR) is 69.5 cm³/mol. The summed E-state index contributed by atoms with van der Waals surface area (Å²) in [5.41, 5.74) is 4.29. The Morgan fingerprint density at radius 1 is 1.44 bits per heavy atom. The van der Waals surface area contributed by atoms with Crippen LogP contribution < -0.4 is 16.4 Å². The lowest BCUT2D eigenvalue weighted by molar-refractivity contribution is -0.122. The molecule has 0 aliphatic heterocycles. The van der Waals surface area contributed by atoms with Crippen LogP contribution in [0.5, 0.6) is 0 Å². The number of nitrogens with two attached hydrogens (primary N) is 1. The fourth-order valence-corrected chi connectivity index (χ4v) is 1.42. The molecular weight excluding hydrogens is 256 g/mol. The molecule has 2 amide bonds.